The molecular weight excluding hydrogens is 328 g/mol. The number of likely N-dealkylation sites (tertiary alicyclic amines) is 1. The molecule has 1 aliphatic heterocycles. The maximum Gasteiger partial charge on any atom is 0.227 e. The lowest BCUT2D eigenvalue weighted by Crippen LogP contribution is -2.32. The minimum absolute atomic E-state index is 0.0561. The topological polar surface area (TPSA) is 81.2 Å². The molecule has 0 unspecified atom stereocenters. The zero-order valence-corrected chi connectivity index (χ0v) is 15.0. The van der Waals surface area contributed by atoms with E-state index < -0.39 is 0 Å². The van der Waals surface area contributed by atoms with Gasteiger partial charge in [0.2, 0.25) is 11.8 Å². The highest BCUT2D eigenvalue weighted by Crippen LogP contribution is 2.33. The number of rotatable bonds is 4. The highest BCUT2D eigenvalue weighted by molar-refractivity contribution is 5.83. The number of amides is 2. The van der Waals surface area contributed by atoms with Gasteiger partial charge in [0.1, 0.15) is 0 Å². The van der Waals surface area contributed by atoms with E-state index in [-0.39, 0.29) is 23.7 Å². The second-order valence-electron chi connectivity index (χ2n) is 7.49. The van der Waals surface area contributed by atoms with Crippen LogP contribution in [0.5, 0.6) is 0 Å². The standard InChI is InChI=1S/C20H24N4O2/c1-23-10-16(9-22-23)17-11-24(12-18(17)20(21)26)19(25)8-13-5-6-14-3-2-4-15(14)7-13/h5-7,9-10,17-18H,2-4,8,11-12H2,1H3,(H2,21,26)/t17-,18+/m1/s1. The molecule has 0 radical (unpaired) electrons. The van der Waals surface area contributed by atoms with Crippen LogP contribution in [0, 0.1) is 5.92 Å². The lowest BCUT2D eigenvalue weighted by atomic mass is 9.90. The molecule has 136 valence electrons. The van der Waals surface area contributed by atoms with E-state index in [9.17, 15) is 9.59 Å². The molecular formula is C20H24N4O2. The molecule has 2 aliphatic rings. The lowest BCUT2D eigenvalue weighted by Gasteiger charge is -2.16. The Balaban J connectivity index is 1.49. The molecule has 2 aromatic rings. The summed E-state index contributed by atoms with van der Waals surface area (Å²) in [4.78, 5) is 26.5. The molecule has 0 saturated carbocycles. The van der Waals surface area contributed by atoms with Crippen LogP contribution in [-0.4, -0.2) is 39.6 Å². The summed E-state index contributed by atoms with van der Waals surface area (Å²) in [5.41, 5.74) is 10.4. The van der Waals surface area contributed by atoms with Crippen LogP contribution < -0.4 is 5.73 Å². The number of fused-ring (bicyclic) bond motifs is 1. The summed E-state index contributed by atoms with van der Waals surface area (Å²) < 4.78 is 1.71. The first kappa shape index (κ1) is 16.8. The van der Waals surface area contributed by atoms with E-state index in [1.807, 2.05) is 13.2 Å². The maximum atomic E-state index is 12.8. The average molecular weight is 352 g/mol. The zero-order chi connectivity index (χ0) is 18.3. The average Bonchev–Trinajstić information content (AvgIpc) is 3.32. The third-order valence-electron chi connectivity index (χ3n) is 5.71. The van der Waals surface area contributed by atoms with E-state index in [4.69, 9.17) is 5.73 Å². The van der Waals surface area contributed by atoms with Crippen LogP contribution in [0.2, 0.25) is 0 Å². The highest BCUT2D eigenvalue weighted by Gasteiger charge is 2.39. The number of aromatic nitrogens is 2. The van der Waals surface area contributed by atoms with Crippen LogP contribution in [0.4, 0.5) is 0 Å². The predicted molar refractivity (Wildman–Crippen MR) is 97.4 cm³/mol. The Morgan fingerprint density at radius 2 is 2.04 bits per heavy atom. The van der Waals surface area contributed by atoms with Crippen LogP contribution in [0.15, 0.2) is 30.6 Å². The second-order valence-corrected chi connectivity index (χ2v) is 7.49. The Bertz CT molecular complexity index is 857. The van der Waals surface area contributed by atoms with Crippen molar-refractivity contribution in [2.24, 2.45) is 18.7 Å². The van der Waals surface area contributed by atoms with E-state index in [2.05, 4.69) is 23.3 Å². The lowest BCUT2D eigenvalue weighted by molar-refractivity contribution is -0.129. The number of carbonyl (C=O) groups excluding carboxylic acids is 2. The fraction of sp³-hybridized carbons (Fsp3) is 0.450. The normalized spacial score (nSPS) is 21.8. The van der Waals surface area contributed by atoms with Crippen molar-refractivity contribution in [2.75, 3.05) is 13.1 Å². The summed E-state index contributed by atoms with van der Waals surface area (Å²) in [5, 5.41) is 4.19. The molecule has 1 fully saturated rings. The van der Waals surface area contributed by atoms with E-state index >= 15 is 0 Å². The number of hydrogen-bond donors (Lipinski definition) is 1. The van der Waals surface area contributed by atoms with Gasteiger partial charge in [-0.25, -0.2) is 0 Å². The molecule has 2 heterocycles. The second kappa shape index (κ2) is 6.59. The van der Waals surface area contributed by atoms with Gasteiger partial charge in [0, 0.05) is 32.3 Å². The van der Waals surface area contributed by atoms with Crippen molar-refractivity contribution in [3.8, 4) is 0 Å². The van der Waals surface area contributed by atoms with Gasteiger partial charge in [0.25, 0.3) is 0 Å². The Labute approximate surface area is 153 Å². The first-order valence-electron chi connectivity index (χ1n) is 9.17. The number of nitrogens with zero attached hydrogens (tertiary/aromatic N) is 3. The van der Waals surface area contributed by atoms with Gasteiger partial charge in [-0.3, -0.25) is 14.3 Å². The number of hydrogen-bond acceptors (Lipinski definition) is 3. The van der Waals surface area contributed by atoms with Gasteiger partial charge >= 0.3 is 0 Å². The molecule has 4 rings (SSSR count). The van der Waals surface area contributed by atoms with Crippen molar-refractivity contribution >= 4 is 11.8 Å². The number of nitrogens with two attached hydrogens (primary N) is 1. The zero-order valence-electron chi connectivity index (χ0n) is 15.0. The summed E-state index contributed by atoms with van der Waals surface area (Å²) in [6.45, 7) is 0.905. The molecule has 1 saturated heterocycles. The minimum Gasteiger partial charge on any atom is -0.369 e. The molecule has 2 amide bonds. The van der Waals surface area contributed by atoms with E-state index in [1.165, 1.54) is 17.5 Å². The first-order valence-corrected chi connectivity index (χ1v) is 9.17. The number of primary amides is 1. The van der Waals surface area contributed by atoms with Crippen molar-refractivity contribution < 1.29 is 9.59 Å². The molecule has 26 heavy (non-hydrogen) atoms. The maximum absolute atomic E-state index is 12.8. The van der Waals surface area contributed by atoms with Gasteiger partial charge in [-0.1, -0.05) is 18.2 Å². The Hall–Kier alpha value is -2.63. The fourth-order valence-corrected chi connectivity index (χ4v) is 4.29. The van der Waals surface area contributed by atoms with E-state index in [0.717, 1.165) is 24.0 Å². The van der Waals surface area contributed by atoms with Crippen LogP contribution in [0.25, 0.3) is 0 Å². The molecule has 1 aromatic carbocycles. The highest BCUT2D eigenvalue weighted by atomic mass is 16.2. The Kier molecular flexibility index (Phi) is 4.26. The van der Waals surface area contributed by atoms with Crippen molar-refractivity contribution in [3.63, 3.8) is 0 Å². The van der Waals surface area contributed by atoms with Crippen molar-refractivity contribution in [2.45, 2.75) is 31.6 Å². The molecule has 6 nitrogen and oxygen atoms in total. The number of benzene rings is 1. The van der Waals surface area contributed by atoms with Crippen LogP contribution in [0.1, 0.15) is 34.6 Å². The quantitative estimate of drug-likeness (QED) is 0.897. The minimum atomic E-state index is -0.358. The summed E-state index contributed by atoms with van der Waals surface area (Å²) >= 11 is 0. The molecule has 0 bridgehead atoms. The van der Waals surface area contributed by atoms with Gasteiger partial charge in [0.05, 0.1) is 18.5 Å². The summed E-state index contributed by atoms with van der Waals surface area (Å²) in [6, 6.07) is 6.38. The summed E-state index contributed by atoms with van der Waals surface area (Å²) in [6.07, 6.45) is 7.48. The van der Waals surface area contributed by atoms with Crippen LogP contribution in [0.3, 0.4) is 0 Å². The molecule has 6 heteroatoms. The van der Waals surface area contributed by atoms with Crippen molar-refractivity contribution in [1.82, 2.24) is 14.7 Å². The van der Waals surface area contributed by atoms with Gasteiger partial charge in [0.15, 0.2) is 0 Å². The molecule has 2 atom stereocenters. The predicted octanol–water partition coefficient (Wildman–Crippen LogP) is 1.18. The van der Waals surface area contributed by atoms with Gasteiger partial charge in [-0.2, -0.15) is 5.10 Å². The van der Waals surface area contributed by atoms with Crippen LogP contribution >= 0.6 is 0 Å². The SMILES string of the molecule is Cn1cc([C@H]2CN(C(=O)Cc3ccc4c(c3)CCC4)C[C@@H]2C(N)=O)cn1. The van der Waals surface area contributed by atoms with E-state index in [1.54, 1.807) is 15.8 Å². The molecule has 1 aliphatic carbocycles. The van der Waals surface area contributed by atoms with E-state index in [0.29, 0.717) is 19.5 Å². The van der Waals surface area contributed by atoms with Gasteiger partial charge in [-0.15, -0.1) is 0 Å². The third kappa shape index (κ3) is 3.11. The van der Waals surface area contributed by atoms with Gasteiger partial charge in [-0.05, 0) is 41.5 Å². The Morgan fingerprint density at radius 3 is 2.77 bits per heavy atom. The first-order chi connectivity index (χ1) is 12.5. The molecule has 0 spiro atoms. The number of carbonyl (C=O) groups is 2. The molecule has 2 N–H and O–H groups in total. The molecule has 1 aromatic heterocycles. The number of aryl methyl sites for hydroxylation is 3. The van der Waals surface area contributed by atoms with Crippen molar-refractivity contribution in [3.05, 3.63) is 52.8 Å². The summed E-state index contributed by atoms with van der Waals surface area (Å²) in [5.74, 6) is -0.736. The third-order valence-corrected chi connectivity index (χ3v) is 5.71. The monoisotopic (exact) mass is 352 g/mol. The Morgan fingerprint density at radius 1 is 1.23 bits per heavy atom. The fourth-order valence-electron chi connectivity index (χ4n) is 4.29. The smallest absolute Gasteiger partial charge is 0.227 e. The summed E-state index contributed by atoms with van der Waals surface area (Å²) in [7, 11) is 1.84. The largest absolute Gasteiger partial charge is 0.369 e. The van der Waals surface area contributed by atoms with Crippen LogP contribution in [-0.2, 0) is 35.9 Å². The van der Waals surface area contributed by atoms with Gasteiger partial charge < -0.3 is 10.6 Å². The van der Waals surface area contributed by atoms with Crippen molar-refractivity contribution in [1.29, 1.82) is 0 Å².